The minimum absolute atomic E-state index is 0. The van der Waals surface area contributed by atoms with E-state index in [-0.39, 0.29) is 43.0 Å². The fraction of sp³-hybridized carbons (Fsp3) is 1.00. The van der Waals surface area contributed by atoms with Gasteiger partial charge in [0.2, 0.25) is 0 Å². The molecular weight excluding hydrogens is 305 g/mol. The average Bonchev–Trinajstić information content (AvgIpc) is 1.21. The van der Waals surface area contributed by atoms with Crippen molar-refractivity contribution in [1.82, 2.24) is 0 Å². The van der Waals surface area contributed by atoms with E-state index < -0.39 is 7.68 Å². The van der Waals surface area contributed by atoms with Crippen LogP contribution in [0.25, 0.3) is 0 Å². The van der Waals surface area contributed by atoms with Gasteiger partial charge in [0.15, 0.2) is 0 Å². The molecule has 0 aromatic carbocycles. The molecule has 0 heterocycles. The van der Waals surface area contributed by atoms with E-state index in [4.69, 9.17) is 0 Å². The molecule has 2 nitrogen and oxygen atoms in total. The molecule has 1 unspecified atom stereocenters. The molecule has 0 bridgehead atoms. The van der Waals surface area contributed by atoms with Crippen LogP contribution in [0.5, 0.6) is 0 Å². The van der Waals surface area contributed by atoms with Crippen LogP contribution in [0, 0.1) is 36.9 Å². The van der Waals surface area contributed by atoms with Gasteiger partial charge in [-0.25, -0.2) is 0 Å². The van der Waals surface area contributed by atoms with Gasteiger partial charge in [-0.05, 0) is 13.8 Å². The first-order valence-corrected chi connectivity index (χ1v) is 4.33. The van der Waals surface area contributed by atoms with Crippen molar-refractivity contribution in [1.29, 1.82) is 0 Å². The molecule has 5 heteroatoms. The molecule has 0 aliphatic rings. The summed E-state index contributed by atoms with van der Waals surface area (Å²) in [7, 11) is -3.72. The number of hydrogen-bond donors (Lipinski definition) is 0. The van der Waals surface area contributed by atoms with Crippen molar-refractivity contribution in [3.8, 4) is 0 Å². The van der Waals surface area contributed by atoms with Crippen LogP contribution in [0.4, 0.5) is 4.20 Å². The van der Waals surface area contributed by atoms with Crippen molar-refractivity contribution in [3.05, 3.63) is 0 Å². The van der Waals surface area contributed by atoms with Crippen molar-refractivity contribution < 1.29 is 50.2 Å². The third-order valence-corrected chi connectivity index (χ3v) is 1.20. The Morgan fingerprint density at radius 2 is 1.89 bits per heavy atom. The first kappa shape index (κ1) is 13.0. The van der Waals surface area contributed by atoms with E-state index in [9.17, 15) is 8.76 Å². The predicted molar refractivity (Wildman–Crippen MR) is 30.9 cm³/mol. The fourth-order valence-electron chi connectivity index (χ4n) is 0.377. The molecule has 9 heavy (non-hydrogen) atoms. The summed E-state index contributed by atoms with van der Waals surface area (Å²) in [5.41, 5.74) is 0. The van der Waals surface area contributed by atoms with E-state index >= 15 is 0 Å². The normalized spacial score (nSPS) is 16.6. The Balaban J connectivity index is 0. The Kier molecular flexibility index (Phi) is 7.30. The third-order valence-electron chi connectivity index (χ3n) is 0.399. The van der Waals surface area contributed by atoms with Crippen molar-refractivity contribution >= 4 is 7.68 Å². The molecule has 0 aromatic heterocycles. The molecule has 0 amide bonds. The van der Waals surface area contributed by atoms with Gasteiger partial charge in [-0.15, -0.1) is 0 Å². The monoisotopic (exact) mass is 315 g/mol. The van der Waals surface area contributed by atoms with Crippen LogP contribution in [0.1, 0.15) is 13.8 Å². The van der Waals surface area contributed by atoms with Gasteiger partial charge in [0.25, 0.3) is 0 Å². The summed E-state index contributed by atoms with van der Waals surface area (Å²) in [6, 6.07) is 0. The zero-order chi connectivity index (χ0) is 6.78. The van der Waals surface area contributed by atoms with Gasteiger partial charge in [-0.2, -0.15) is 4.20 Å². The van der Waals surface area contributed by atoms with Crippen LogP contribution in [-0.4, -0.2) is 12.8 Å². The largest absolute Gasteiger partial charge is 0.364 e. The zero-order valence-corrected chi connectivity index (χ0v) is 8.03. The maximum absolute atomic E-state index is 12.0. The molecular formula is C4H10FLuO2P. The van der Waals surface area contributed by atoms with Crippen LogP contribution in [0.3, 0.4) is 0 Å². The zero-order valence-electron chi connectivity index (χ0n) is 5.48. The van der Waals surface area contributed by atoms with E-state index in [2.05, 4.69) is 4.52 Å². The standard InChI is InChI=1S/C4H10FO2P.Lu/c1-4(2)7-8(3,5)6;/h4H,1-3H3;. The van der Waals surface area contributed by atoms with Crippen molar-refractivity contribution in [2.24, 2.45) is 0 Å². The van der Waals surface area contributed by atoms with Gasteiger partial charge in [0, 0.05) is 43.5 Å². The van der Waals surface area contributed by atoms with Gasteiger partial charge in [0.1, 0.15) is 0 Å². The molecule has 65 valence electrons. The van der Waals surface area contributed by atoms with E-state index in [0.717, 1.165) is 6.66 Å². The van der Waals surface area contributed by atoms with Crippen LogP contribution < -0.4 is 0 Å². The summed E-state index contributed by atoms with van der Waals surface area (Å²) in [6.07, 6.45) is -0.296. The molecule has 1 atom stereocenters. The maximum Gasteiger partial charge on any atom is 0.364 e. The van der Waals surface area contributed by atoms with E-state index in [1.54, 1.807) is 13.8 Å². The van der Waals surface area contributed by atoms with E-state index in [1.807, 2.05) is 0 Å². The Labute approximate surface area is 83.9 Å². The second-order valence-corrected chi connectivity index (χ2v) is 3.61. The second-order valence-electron chi connectivity index (χ2n) is 1.90. The van der Waals surface area contributed by atoms with Gasteiger partial charge in [-0.1, -0.05) is 0 Å². The second kappa shape index (κ2) is 5.06. The topological polar surface area (TPSA) is 26.3 Å². The minimum Gasteiger partial charge on any atom is -0.303 e. The maximum atomic E-state index is 12.0. The first-order valence-electron chi connectivity index (χ1n) is 2.37. The number of hydrogen-bond acceptors (Lipinski definition) is 2. The summed E-state index contributed by atoms with van der Waals surface area (Å²) >= 11 is 0. The minimum atomic E-state index is -3.72. The Morgan fingerprint density at radius 1 is 1.56 bits per heavy atom. The molecule has 0 fully saturated rings. The molecule has 0 aliphatic heterocycles. The van der Waals surface area contributed by atoms with Crippen molar-refractivity contribution in [3.63, 3.8) is 0 Å². The number of halogens is 1. The fourth-order valence-corrected chi connectivity index (χ4v) is 1.13. The van der Waals surface area contributed by atoms with Gasteiger partial charge in [0.05, 0.1) is 6.10 Å². The smallest absolute Gasteiger partial charge is 0.303 e. The van der Waals surface area contributed by atoms with Crippen LogP contribution in [0.2, 0.25) is 0 Å². The summed E-state index contributed by atoms with van der Waals surface area (Å²) < 4.78 is 26.4. The summed E-state index contributed by atoms with van der Waals surface area (Å²) in [5.74, 6) is 0. The summed E-state index contributed by atoms with van der Waals surface area (Å²) in [6.45, 7) is 4.22. The van der Waals surface area contributed by atoms with Crippen LogP contribution in [0.15, 0.2) is 0 Å². The quantitative estimate of drug-likeness (QED) is 0.730. The van der Waals surface area contributed by atoms with Gasteiger partial charge in [-0.3, -0.25) is 4.57 Å². The van der Waals surface area contributed by atoms with E-state index in [1.165, 1.54) is 0 Å². The molecule has 0 saturated heterocycles. The number of rotatable bonds is 2. The Bertz CT molecular complexity index is 111. The Hall–Kier alpha value is 1.35. The van der Waals surface area contributed by atoms with Crippen molar-refractivity contribution in [2.45, 2.75) is 20.0 Å². The van der Waals surface area contributed by atoms with Gasteiger partial charge < -0.3 is 4.52 Å². The molecule has 0 aromatic rings. The van der Waals surface area contributed by atoms with E-state index in [0.29, 0.717) is 0 Å². The van der Waals surface area contributed by atoms with Gasteiger partial charge >= 0.3 is 7.68 Å². The molecule has 0 aliphatic carbocycles. The molecule has 0 N–H and O–H groups in total. The van der Waals surface area contributed by atoms with Crippen LogP contribution >= 0.6 is 7.68 Å². The molecule has 0 saturated carbocycles. The Morgan fingerprint density at radius 3 is 1.89 bits per heavy atom. The molecule has 1 radical (unpaired) electrons. The third kappa shape index (κ3) is 12.5. The molecule has 0 rings (SSSR count). The summed E-state index contributed by atoms with van der Waals surface area (Å²) in [4.78, 5) is 0. The first-order chi connectivity index (χ1) is 3.42. The predicted octanol–water partition coefficient (Wildman–Crippen LogP) is 2.20. The van der Waals surface area contributed by atoms with Crippen molar-refractivity contribution in [2.75, 3.05) is 6.66 Å². The summed E-state index contributed by atoms with van der Waals surface area (Å²) in [5, 5.41) is 0. The SMILES string of the molecule is CC(C)OP(C)(=O)F.[Lu]. The molecule has 0 spiro atoms. The average molecular weight is 315 g/mol. The van der Waals surface area contributed by atoms with Crippen LogP contribution in [-0.2, 0) is 9.09 Å².